The van der Waals surface area contributed by atoms with Gasteiger partial charge in [0.2, 0.25) is 0 Å². The minimum atomic E-state index is -0.782. The maximum atomic E-state index is 12.4. The topological polar surface area (TPSA) is 60.9 Å². The SMILES string of the molecule is CCC1(CC)CCN(C(=O)N2CCC(C(=O)O)C2)CC1. The summed E-state index contributed by atoms with van der Waals surface area (Å²) in [6.45, 7) is 7.05. The van der Waals surface area contributed by atoms with Gasteiger partial charge < -0.3 is 14.9 Å². The Labute approximate surface area is 120 Å². The van der Waals surface area contributed by atoms with Crippen molar-refractivity contribution in [1.29, 1.82) is 0 Å². The summed E-state index contributed by atoms with van der Waals surface area (Å²) in [4.78, 5) is 27.0. The third kappa shape index (κ3) is 2.91. The number of carbonyl (C=O) groups excluding carboxylic acids is 1. The normalized spacial score (nSPS) is 25.8. The lowest BCUT2D eigenvalue weighted by atomic mass is 9.74. The van der Waals surface area contributed by atoms with Gasteiger partial charge in [-0.2, -0.15) is 0 Å². The van der Waals surface area contributed by atoms with Gasteiger partial charge in [0.15, 0.2) is 0 Å². The van der Waals surface area contributed by atoms with Crippen LogP contribution in [0, 0.1) is 11.3 Å². The van der Waals surface area contributed by atoms with E-state index in [1.54, 1.807) is 4.90 Å². The van der Waals surface area contributed by atoms with Gasteiger partial charge in [-0.15, -0.1) is 0 Å². The number of urea groups is 1. The summed E-state index contributed by atoms with van der Waals surface area (Å²) in [6.07, 6.45) is 5.08. The fourth-order valence-electron chi connectivity index (χ4n) is 3.47. The quantitative estimate of drug-likeness (QED) is 0.864. The molecule has 2 fully saturated rings. The lowest BCUT2D eigenvalue weighted by Gasteiger charge is -2.42. The van der Waals surface area contributed by atoms with Crippen LogP contribution in [0.3, 0.4) is 0 Å². The van der Waals surface area contributed by atoms with E-state index in [9.17, 15) is 9.59 Å². The highest BCUT2D eigenvalue weighted by Crippen LogP contribution is 2.38. The van der Waals surface area contributed by atoms with Crippen LogP contribution in [0.15, 0.2) is 0 Å². The summed E-state index contributed by atoms with van der Waals surface area (Å²) in [6, 6.07) is 0.0366. The Morgan fingerprint density at radius 2 is 1.70 bits per heavy atom. The second-order valence-electron chi connectivity index (χ2n) is 6.25. The Balaban J connectivity index is 1.88. The molecule has 0 bridgehead atoms. The van der Waals surface area contributed by atoms with Crippen LogP contribution >= 0.6 is 0 Å². The minimum Gasteiger partial charge on any atom is -0.481 e. The lowest BCUT2D eigenvalue weighted by molar-refractivity contribution is -0.141. The van der Waals surface area contributed by atoms with Gasteiger partial charge in [0, 0.05) is 26.2 Å². The first-order valence-corrected chi connectivity index (χ1v) is 7.78. The number of carboxylic acid groups (broad SMARTS) is 1. The van der Waals surface area contributed by atoms with Crippen molar-refractivity contribution < 1.29 is 14.7 Å². The van der Waals surface area contributed by atoms with Gasteiger partial charge in [0.25, 0.3) is 0 Å². The molecule has 20 heavy (non-hydrogen) atoms. The molecule has 0 spiro atoms. The van der Waals surface area contributed by atoms with Gasteiger partial charge >= 0.3 is 12.0 Å². The van der Waals surface area contributed by atoms with E-state index in [1.807, 2.05) is 4.90 Å². The fraction of sp³-hybridized carbons (Fsp3) is 0.867. The second-order valence-corrected chi connectivity index (χ2v) is 6.25. The van der Waals surface area contributed by atoms with Gasteiger partial charge in [0.1, 0.15) is 0 Å². The molecule has 1 atom stereocenters. The van der Waals surface area contributed by atoms with Gasteiger partial charge in [-0.3, -0.25) is 4.79 Å². The molecule has 0 saturated carbocycles. The van der Waals surface area contributed by atoms with Crippen molar-refractivity contribution in [1.82, 2.24) is 9.80 Å². The Morgan fingerprint density at radius 1 is 1.10 bits per heavy atom. The Hall–Kier alpha value is -1.26. The third-order valence-electron chi connectivity index (χ3n) is 5.40. The molecular weight excluding hydrogens is 256 g/mol. The summed E-state index contributed by atoms with van der Waals surface area (Å²) in [5.41, 5.74) is 0.408. The maximum Gasteiger partial charge on any atom is 0.320 e. The summed E-state index contributed by atoms with van der Waals surface area (Å²) in [5.74, 6) is -1.16. The molecule has 0 radical (unpaired) electrons. The number of rotatable bonds is 3. The van der Waals surface area contributed by atoms with Crippen LogP contribution in [-0.2, 0) is 4.79 Å². The average molecular weight is 282 g/mol. The fourth-order valence-corrected chi connectivity index (χ4v) is 3.47. The zero-order chi connectivity index (χ0) is 14.8. The number of aliphatic carboxylic acids is 1. The maximum absolute atomic E-state index is 12.4. The van der Waals surface area contributed by atoms with E-state index >= 15 is 0 Å². The van der Waals surface area contributed by atoms with E-state index < -0.39 is 5.97 Å². The summed E-state index contributed by atoms with van der Waals surface area (Å²) >= 11 is 0. The van der Waals surface area contributed by atoms with Crippen LogP contribution in [0.2, 0.25) is 0 Å². The molecule has 2 aliphatic heterocycles. The molecule has 2 aliphatic rings. The first kappa shape index (κ1) is 15.1. The third-order valence-corrected chi connectivity index (χ3v) is 5.40. The van der Waals surface area contributed by atoms with Gasteiger partial charge in [0.05, 0.1) is 5.92 Å². The number of hydrogen-bond acceptors (Lipinski definition) is 2. The molecule has 0 aromatic carbocycles. The number of carboxylic acids is 1. The molecule has 1 unspecified atom stereocenters. The molecule has 114 valence electrons. The van der Waals surface area contributed by atoms with Gasteiger partial charge in [-0.1, -0.05) is 26.7 Å². The highest BCUT2D eigenvalue weighted by molar-refractivity contribution is 5.77. The van der Waals surface area contributed by atoms with Crippen molar-refractivity contribution >= 4 is 12.0 Å². The van der Waals surface area contributed by atoms with Crippen molar-refractivity contribution in [3.05, 3.63) is 0 Å². The highest BCUT2D eigenvalue weighted by Gasteiger charge is 2.37. The van der Waals surface area contributed by atoms with Crippen LogP contribution < -0.4 is 0 Å². The molecule has 2 amide bonds. The molecule has 0 aromatic rings. The van der Waals surface area contributed by atoms with E-state index in [-0.39, 0.29) is 11.9 Å². The average Bonchev–Trinajstić information content (AvgIpc) is 2.96. The highest BCUT2D eigenvalue weighted by atomic mass is 16.4. The molecule has 1 N–H and O–H groups in total. The van der Waals surface area contributed by atoms with Crippen molar-refractivity contribution in [3.63, 3.8) is 0 Å². The first-order valence-electron chi connectivity index (χ1n) is 7.78. The van der Waals surface area contributed by atoms with Crippen LogP contribution in [0.5, 0.6) is 0 Å². The van der Waals surface area contributed by atoms with Gasteiger partial charge in [-0.05, 0) is 24.7 Å². The van der Waals surface area contributed by atoms with E-state index in [4.69, 9.17) is 5.11 Å². The first-order chi connectivity index (χ1) is 9.51. The lowest BCUT2D eigenvalue weighted by Crippen LogP contribution is -2.48. The molecular formula is C15H26N2O3. The van der Waals surface area contributed by atoms with Crippen LogP contribution in [0.1, 0.15) is 46.0 Å². The predicted molar refractivity (Wildman–Crippen MR) is 76.5 cm³/mol. The molecule has 5 heteroatoms. The Morgan fingerprint density at radius 3 is 2.15 bits per heavy atom. The number of nitrogens with zero attached hydrogens (tertiary/aromatic N) is 2. The van der Waals surface area contributed by atoms with Gasteiger partial charge in [-0.25, -0.2) is 4.79 Å². The number of hydrogen-bond donors (Lipinski definition) is 1. The largest absolute Gasteiger partial charge is 0.481 e. The summed E-state index contributed by atoms with van der Waals surface area (Å²) < 4.78 is 0. The second kappa shape index (κ2) is 6.02. The molecule has 2 rings (SSSR count). The minimum absolute atomic E-state index is 0.0366. The van der Waals surface area contributed by atoms with Crippen LogP contribution in [-0.4, -0.2) is 53.1 Å². The van der Waals surface area contributed by atoms with E-state index in [1.165, 1.54) is 12.8 Å². The van der Waals surface area contributed by atoms with Crippen molar-refractivity contribution in [3.8, 4) is 0 Å². The van der Waals surface area contributed by atoms with Crippen LogP contribution in [0.25, 0.3) is 0 Å². The van der Waals surface area contributed by atoms with Crippen LogP contribution in [0.4, 0.5) is 4.79 Å². The van der Waals surface area contributed by atoms with E-state index in [2.05, 4.69) is 13.8 Å². The molecule has 2 saturated heterocycles. The number of carbonyl (C=O) groups is 2. The van der Waals surface area contributed by atoms with Crippen molar-refractivity contribution in [2.24, 2.45) is 11.3 Å². The Bertz CT molecular complexity index is 369. The monoisotopic (exact) mass is 282 g/mol. The Kier molecular flexibility index (Phi) is 4.55. The molecule has 0 aromatic heterocycles. The zero-order valence-electron chi connectivity index (χ0n) is 12.6. The summed E-state index contributed by atoms with van der Waals surface area (Å²) in [7, 11) is 0. The van der Waals surface area contributed by atoms with E-state index in [0.29, 0.717) is 24.9 Å². The molecule has 5 nitrogen and oxygen atoms in total. The molecule has 0 aliphatic carbocycles. The summed E-state index contributed by atoms with van der Waals surface area (Å²) in [5, 5.41) is 9.00. The number of likely N-dealkylation sites (tertiary alicyclic amines) is 2. The zero-order valence-corrected chi connectivity index (χ0v) is 12.6. The molecule has 2 heterocycles. The smallest absolute Gasteiger partial charge is 0.320 e. The number of amides is 2. The van der Waals surface area contributed by atoms with E-state index in [0.717, 1.165) is 25.9 Å². The van der Waals surface area contributed by atoms with Crippen molar-refractivity contribution in [2.75, 3.05) is 26.2 Å². The standard InChI is InChI=1S/C15H26N2O3/c1-3-15(4-2)6-9-16(10-7-15)14(20)17-8-5-12(11-17)13(18)19/h12H,3-11H2,1-2H3,(H,18,19). The predicted octanol–water partition coefficient (Wildman–Crippen LogP) is 2.42. The number of piperidine rings is 1. The van der Waals surface area contributed by atoms with Crippen molar-refractivity contribution in [2.45, 2.75) is 46.0 Å².